The van der Waals surface area contributed by atoms with E-state index in [0.717, 1.165) is 0 Å². The molecule has 2 fully saturated rings. The fourth-order valence-corrected chi connectivity index (χ4v) is 1.48. The second kappa shape index (κ2) is 2.93. The quantitative estimate of drug-likeness (QED) is 0.411. The van der Waals surface area contributed by atoms with Crippen LogP contribution in [0.5, 0.6) is 0 Å². The van der Waals surface area contributed by atoms with E-state index in [1.165, 1.54) is 0 Å². The maximum absolute atomic E-state index is 9.39. The summed E-state index contributed by atoms with van der Waals surface area (Å²) in [6.07, 6.45) is -2.75. The Bertz CT molecular complexity index is 173. The van der Waals surface area contributed by atoms with Gasteiger partial charge in [-0.25, -0.2) is 0 Å². The van der Waals surface area contributed by atoms with Crippen LogP contribution in [0.4, 0.5) is 0 Å². The lowest BCUT2D eigenvalue weighted by Crippen LogP contribution is -2.44. The SMILES string of the molecule is OC1OC1C1OC[C@H](O)C[C@@H]1O. The van der Waals surface area contributed by atoms with E-state index in [9.17, 15) is 5.11 Å². The van der Waals surface area contributed by atoms with E-state index in [-0.39, 0.29) is 13.0 Å². The fraction of sp³-hybridized carbons (Fsp3) is 1.00. The van der Waals surface area contributed by atoms with Gasteiger partial charge in [-0.3, -0.25) is 0 Å². The summed E-state index contributed by atoms with van der Waals surface area (Å²) < 4.78 is 9.86. The zero-order valence-corrected chi connectivity index (χ0v) is 6.46. The number of hydrogen-bond acceptors (Lipinski definition) is 5. The summed E-state index contributed by atoms with van der Waals surface area (Å²) in [6, 6.07) is 0. The number of epoxide rings is 1. The average molecular weight is 176 g/mol. The molecule has 70 valence electrons. The third-order valence-electron chi connectivity index (χ3n) is 2.20. The Hall–Kier alpha value is -0.200. The van der Waals surface area contributed by atoms with Crippen LogP contribution in [0.15, 0.2) is 0 Å². The molecule has 0 aromatic heterocycles. The molecule has 2 heterocycles. The highest BCUT2D eigenvalue weighted by Gasteiger charge is 2.49. The monoisotopic (exact) mass is 176 g/mol. The Morgan fingerprint density at radius 3 is 2.25 bits per heavy atom. The molecule has 3 unspecified atom stereocenters. The fourth-order valence-electron chi connectivity index (χ4n) is 1.48. The molecule has 5 atom stereocenters. The predicted molar refractivity (Wildman–Crippen MR) is 37.3 cm³/mol. The van der Waals surface area contributed by atoms with E-state index in [2.05, 4.69) is 0 Å². The second-order valence-corrected chi connectivity index (χ2v) is 3.25. The van der Waals surface area contributed by atoms with Crippen LogP contribution < -0.4 is 0 Å². The highest BCUT2D eigenvalue weighted by Crippen LogP contribution is 2.30. The van der Waals surface area contributed by atoms with Gasteiger partial charge in [0.2, 0.25) is 0 Å². The maximum atomic E-state index is 9.39. The average Bonchev–Trinajstić information content (AvgIpc) is 2.66. The van der Waals surface area contributed by atoms with E-state index in [1.807, 2.05) is 0 Å². The van der Waals surface area contributed by atoms with Crippen molar-refractivity contribution < 1.29 is 24.8 Å². The van der Waals surface area contributed by atoms with Crippen LogP contribution in [0.1, 0.15) is 6.42 Å². The van der Waals surface area contributed by atoms with Gasteiger partial charge in [0.25, 0.3) is 0 Å². The summed E-state index contributed by atoms with van der Waals surface area (Å²) in [7, 11) is 0. The van der Waals surface area contributed by atoms with Crippen LogP contribution in [0, 0.1) is 0 Å². The smallest absolute Gasteiger partial charge is 0.184 e. The Labute approximate surface area is 69.5 Å². The first-order valence-corrected chi connectivity index (χ1v) is 4.00. The molecule has 12 heavy (non-hydrogen) atoms. The first-order valence-electron chi connectivity index (χ1n) is 4.00. The molecular weight excluding hydrogens is 164 g/mol. The highest BCUT2D eigenvalue weighted by atomic mass is 16.7. The summed E-state index contributed by atoms with van der Waals surface area (Å²) in [5, 5.41) is 27.4. The van der Waals surface area contributed by atoms with Crippen molar-refractivity contribution >= 4 is 0 Å². The molecule has 3 N–H and O–H groups in total. The van der Waals surface area contributed by atoms with Crippen LogP contribution in [0.25, 0.3) is 0 Å². The summed E-state index contributed by atoms with van der Waals surface area (Å²) in [6.45, 7) is 0.203. The summed E-state index contributed by atoms with van der Waals surface area (Å²) >= 11 is 0. The summed E-state index contributed by atoms with van der Waals surface area (Å²) in [4.78, 5) is 0. The molecule has 0 radical (unpaired) electrons. The zero-order chi connectivity index (χ0) is 8.72. The van der Waals surface area contributed by atoms with E-state index in [0.29, 0.717) is 0 Å². The van der Waals surface area contributed by atoms with Gasteiger partial charge in [0.05, 0.1) is 18.8 Å². The van der Waals surface area contributed by atoms with E-state index < -0.39 is 30.7 Å². The molecule has 0 aliphatic carbocycles. The molecule has 2 rings (SSSR count). The van der Waals surface area contributed by atoms with Crippen LogP contribution >= 0.6 is 0 Å². The number of ether oxygens (including phenoxy) is 2. The third-order valence-corrected chi connectivity index (χ3v) is 2.20. The molecule has 2 saturated heterocycles. The van der Waals surface area contributed by atoms with Crippen molar-refractivity contribution in [1.29, 1.82) is 0 Å². The van der Waals surface area contributed by atoms with Gasteiger partial charge in [-0.05, 0) is 0 Å². The Balaban J connectivity index is 1.90. The van der Waals surface area contributed by atoms with Crippen molar-refractivity contribution in [2.75, 3.05) is 6.61 Å². The normalized spacial score (nSPS) is 53.8. The molecule has 2 aliphatic heterocycles. The van der Waals surface area contributed by atoms with Crippen molar-refractivity contribution in [1.82, 2.24) is 0 Å². The van der Waals surface area contributed by atoms with Crippen molar-refractivity contribution in [3.05, 3.63) is 0 Å². The number of rotatable bonds is 1. The van der Waals surface area contributed by atoms with Gasteiger partial charge in [-0.1, -0.05) is 0 Å². The minimum absolute atomic E-state index is 0.203. The van der Waals surface area contributed by atoms with Gasteiger partial charge >= 0.3 is 0 Å². The lowest BCUT2D eigenvalue weighted by molar-refractivity contribution is -0.130. The van der Waals surface area contributed by atoms with Crippen molar-refractivity contribution in [2.45, 2.75) is 37.1 Å². The highest BCUT2D eigenvalue weighted by molar-refractivity contribution is 4.92. The summed E-state index contributed by atoms with van der Waals surface area (Å²) in [5.74, 6) is 0. The Morgan fingerprint density at radius 2 is 1.75 bits per heavy atom. The van der Waals surface area contributed by atoms with E-state index in [4.69, 9.17) is 19.7 Å². The molecule has 0 spiro atoms. The number of aliphatic hydroxyl groups is 3. The number of hydrogen-bond donors (Lipinski definition) is 3. The lowest BCUT2D eigenvalue weighted by Gasteiger charge is -2.29. The lowest BCUT2D eigenvalue weighted by atomic mass is 10.0. The Kier molecular flexibility index (Phi) is 2.05. The van der Waals surface area contributed by atoms with Gasteiger partial charge in [-0.2, -0.15) is 0 Å². The molecule has 0 saturated carbocycles. The molecule has 0 aromatic rings. The van der Waals surface area contributed by atoms with Crippen LogP contribution in [0.2, 0.25) is 0 Å². The van der Waals surface area contributed by atoms with Crippen molar-refractivity contribution in [2.24, 2.45) is 0 Å². The van der Waals surface area contributed by atoms with Gasteiger partial charge in [0.15, 0.2) is 6.29 Å². The van der Waals surface area contributed by atoms with Crippen molar-refractivity contribution in [3.8, 4) is 0 Å². The molecule has 0 aromatic carbocycles. The molecule has 2 aliphatic rings. The molecule has 0 amide bonds. The first kappa shape index (κ1) is 8.40. The second-order valence-electron chi connectivity index (χ2n) is 3.25. The molecule has 5 heteroatoms. The van der Waals surface area contributed by atoms with Crippen molar-refractivity contribution in [3.63, 3.8) is 0 Å². The van der Waals surface area contributed by atoms with Gasteiger partial charge in [0, 0.05) is 6.42 Å². The first-order chi connectivity index (χ1) is 5.68. The predicted octanol–water partition coefficient (Wildman–Crippen LogP) is -1.79. The largest absolute Gasteiger partial charge is 0.391 e. The van der Waals surface area contributed by atoms with E-state index in [1.54, 1.807) is 0 Å². The van der Waals surface area contributed by atoms with Crippen LogP contribution in [-0.4, -0.2) is 52.6 Å². The maximum Gasteiger partial charge on any atom is 0.184 e. The third kappa shape index (κ3) is 1.46. The topological polar surface area (TPSA) is 82.5 Å². The zero-order valence-electron chi connectivity index (χ0n) is 6.46. The van der Waals surface area contributed by atoms with Gasteiger partial charge in [0.1, 0.15) is 12.2 Å². The standard InChI is InChI=1S/C7H12O5/c8-3-1-4(9)5(11-2-3)6-7(10)12-6/h3-10H,1-2H2/t3-,4+,5?,6?,7?/m1/s1. The number of aliphatic hydroxyl groups excluding tert-OH is 3. The van der Waals surface area contributed by atoms with Gasteiger partial charge < -0.3 is 24.8 Å². The van der Waals surface area contributed by atoms with Crippen LogP contribution in [0.3, 0.4) is 0 Å². The van der Waals surface area contributed by atoms with E-state index >= 15 is 0 Å². The summed E-state index contributed by atoms with van der Waals surface area (Å²) in [5.41, 5.74) is 0. The molecule has 5 nitrogen and oxygen atoms in total. The Morgan fingerprint density at radius 1 is 1.08 bits per heavy atom. The van der Waals surface area contributed by atoms with Crippen LogP contribution in [-0.2, 0) is 9.47 Å². The minimum Gasteiger partial charge on any atom is -0.391 e. The molecule has 0 bridgehead atoms. The molecular formula is C7H12O5. The minimum atomic E-state index is -0.806. The van der Waals surface area contributed by atoms with Gasteiger partial charge in [-0.15, -0.1) is 0 Å².